The molecular formula is C11H15N5O. The molecule has 0 aromatic carbocycles. The molecule has 2 aromatic rings. The number of nitrogens with zero attached hydrogens (tertiary/aromatic N) is 4. The minimum Gasteiger partial charge on any atom is -0.339 e. The van der Waals surface area contributed by atoms with Crippen LogP contribution in [-0.2, 0) is 13.5 Å². The van der Waals surface area contributed by atoms with Crippen molar-refractivity contribution in [3.8, 4) is 11.5 Å². The van der Waals surface area contributed by atoms with Crippen LogP contribution in [0.1, 0.15) is 12.3 Å². The molecule has 3 heterocycles. The van der Waals surface area contributed by atoms with Crippen molar-refractivity contribution in [2.24, 2.45) is 13.0 Å². The smallest absolute Gasteiger partial charge is 0.227 e. The topological polar surface area (TPSA) is 68.8 Å². The summed E-state index contributed by atoms with van der Waals surface area (Å²) < 4.78 is 7.16. The van der Waals surface area contributed by atoms with Crippen molar-refractivity contribution in [3.05, 3.63) is 18.4 Å². The summed E-state index contributed by atoms with van der Waals surface area (Å²) in [5, 5.41) is 7.33. The SMILES string of the molecule is Cn1cncc1-c1noc(CC2CCNC2)n1. The van der Waals surface area contributed by atoms with Crippen molar-refractivity contribution >= 4 is 0 Å². The molecule has 0 bridgehead atoms. The van der Waals surface area contributed by atoms with E-state index in [9.17, 15) is 0 Å². The number of aromatic nitrogens is 4. The maximum absolute atomic E-state index is 5.28. The third-order valence-electron chi connectivity index (χ3n) is 3.14. The Bertz CT molecular complexity index is 497. The summed E-state index contributed by atoms with van der Waals surface area (Å²) in [6.45, 7) is 2.14. The van der Waals surface area contributed by atoms with Crippen molar-refractivity contribution < 1.29 is 4.52 Å². The molecule has 1 atom stereocenters. The van der Waals surface area contributed by atoms with Gasteiger partial charge in [0.1, 0.15) is 5.69 Å². The molecule has 1 unspecified atom stereocenters. The molecule has 1 aliphatic rings. The first-order chi connectivity index (χ1) is 8.33. The lowest BCUT2D eigenvalue weighted by Gasteiger charge is -2.01. The highest BCUT2D eigenvalue weighted by Crippen LogP contribution is 2.18. The minimum atomic E-state index is 0.617. The maximum atomic E-state index is 5.28. The number of hydrogen-bond acceptors (Lipinski definition) is 5. The molecule has 17 heavy (non-hydrogen) atoms. The van der Waals surface area contributed by atoms with Crippen LogP contribution in [0.3, 0.4) is 0 Å². The summed E-state index contributed by atoms with van der Waals surface area (Å²) in [4.78, 5) is 8.45. The number of aryl methyl sites for hydroxylation is 1. The third-order valence-corrected chi connectivity index (χ3v) is 3.14. The summed E-state index contributed by atoms with van der Waals surface area (Å²) in [5.41, 5.74) is 0.879. The van der Waals surface area contributed by atoms with E-state index in [1.54, 1.807) is 12.5 Å². The van der Waals surface area contributed by atoms with E-state index in [0.717, 1.165) is 31.1 Å². The van der Waals surface area contributed by atoms with Gasteiger partial charge in [0.05, 0.1) is 12.5 Å². The summed E-state index contributed by atoms with van der Waals surface area (Å²) in [5.74, 6) is 1.95. The quantitative estimate of drug-likeness (QED) is 0.841. The van der Waals surface area contributed by atoms with Gasteiger partial charge in [-0.1, -0.05) is 5.16 Å². The molecule has 6 heteroatoms. The van der Waals surface area contributed by atoms with Crippen molar-refractivity contribution in [2.45, 2.75) is 12.8 Å². The zero-order valence-electron chi connectivity index (χ0n) is 9.76. The molecule has 0 amide bonds. The molecule has 3 rings (SSSR count). The van der Waals surface area contributed by atoms with Gasteiger partial charge in [0.25, 0.3) is 0 Å². The molecule has 2 aromatic heterocycles. The number of rotatable bonds is 3. The second-order valence-electron chi connectivity index (χ2n) is 4.46. The Hall–Kier alpha value is -1.69. The molecule has 0 aliphatic carbocycles. The van der Waals surface area contributed by atoms with Gasteiger partial charge in [-0.3, -0.25) is 0 Å². The molecule has 1 aliphatic heterocycles. The molecule has 90 valence electrons. The van der Waals surface area contributed by atoms with Crippen LogP contribution in [0, 0.1) is 5.92 Å². The Kier molecular flexibility index (Phi) is 2.64. The largest absolute Gasteiger partial charge is 0.339 e. The van der Waals surface area contributed by atoms with Gasteiger partial charge in [-0.15, -0.1) is 0 Å². The lowest BCUT2D eigenvalue weighted by atomic mass is 10.1. The molecule has 0 radical (unpaired) electrons. The van der Waals surface area contributed by atoms with Crippen LogP contribution in [-0.4, -0.2) is 32.8 Å². The van der Waals surface area contributed by atoms with Gasteiger partial charge in [-0.05, 0) is 25.4 Å². The lowest BCUT2D eigenvalue weighted by Crippen LogP contribution is -2.10. The predicted molar refractivity (Wildman–Crippen MR) is 61.2 cm³/mol. The van der Waals surface area contributed by atoms with Crippen LogP contribution < -0.4 is 5.32 Å². The molecule has 1 N–H and O–H groups in total. The Morgan fingerprint density at radius 1 is 1.59 bits per heavy atom. The minimum absolute atomic E-state index is 0.617. The van der Waals surface area contributed by atoms with E-state index in [0.29, 0.717) is 11.7 Å². The van der Waals surface area contributed by atoms with Gasteiger partial charge >= 0.3 is 0 Å². The normalized spacial score (nSPS) is 19.9. The van der Waals surface area contributed by atoms with E-state index in [1.165, 1.54) is 6.42 Å². The third kappa shape index (κ3) is 2.08. The summed E-state index contributed by atoms with van der Waals surface area (Å²) in [6.07, 6.45) is 5.51. The maximum Gasteiger partial charge on any atom is 0.227 e. The first kappa shape index (κ1) is 10.5. The number of hydrogen-bond donors (Lipinski definition) is 1. The van der Waals surface area contributed by atoms with Crippen molar-refractivity contribution in [1.82, 2.24) is 25.0 Å². The van der Waals surface area contributed by atoms with E-state index in [4.69, 9.17) is 4.52 Å². The zero-order chi connectivity index (χ0) is 11.7. The first-order valence-electron chi connectivity index (χ1n) is 5.83. The fourth-order valence-corrected chi connectivity index (χ4v) is 2.15. The molecule has 0 saturated carbocycles. The summed E-state index contributed by atoms with van der Waals surface area (Å²) in [6, 6.07) is 0. The first-order valence-corrected chi connectivity index (χ1v) is 5.83. The monoisotopic (exact) mass is 233 g/mol. The summed E-state index contributed by atoms with van der Waals surface area (Å²) in [7, 11) is 1.92. The van der Waals surface area contributed by atoms with Gasteiger partial charge in [0.2, 0.25) is 11.7 Å². The Morgan fingerprint density at radius 2 is 2.53 bits per heavy atom. The van der Waals surface area contributed by atoms with Crippen LogP contribution in [0.2, 0.25) is 0 Å². The molecule has 6 nitrogen and oxygen atoms in total. The van der Waals surface area contributed by atoms with E-state index in [2.05, 4.69) is 20.4 Å². The van der Waals surface area contributed by atoms with Crippen LogP contribution in [0.15, 0.2) is 17.0 Å². The second kappa shape index (κ2) is 4.29. The molecule has 1 fully saturated rings. The van der Waals surface area contributed by atoms with Crippen molar-refractivity contribution in [1.29, 1.82) is 0 Å². The van der Waals surface area contributed by atoms with Gasteiger partial charge in [-0.25, -0.2) is 4.98 Å². The Balaban J connectivity index is 1.76. The average molecular weight is 233 g/mol. The Morgan fingerprint density at radius 3 is 3.24 bits per heavy atom. The van der Waals surface area contributed by atoms with Crippen LogP contribution in [0.4, 0.5) is 0 Å². The van der Waals surface area contributed by atoms with Gasteiger partial charge in [-0.2, -0.15) is 4.98 Å². The van der Waals surface area contributed by atoms with Gasteiger partial charge in [0.15, 0.2) is 0 Å². The highest BCUT2D eigenvalue weighted by Gasteiger charge is 2.19. The van der Waals surface area contributed by atoms with Gasteiger partial charge in [0, 0.05) is 13.5 Å². The zero-order valence-corrected chi connectivity index (χ0v) is 9.76. The van der Waals surface area contributed by atoms with Crippen molar-refractivity contribution in [3.63, 3.8) is 0 Å². The number of imidazole rings is 1. The van der Waals surface area contributed by atoms with Crippen LogP contribution in [0.5, 0.6) is 0 Å². The molecular weight excluding hydrogens is 218 g/mol. The van der Waals surface area contributed by atoms with Crippen LogP contribution >= 0.6 is 0 Å². The fraction of sp³-hybridized carbons (Fsp3) is 0.545. The number of nitrogens with one attached hydrogen (secondary N) is 1. The van der Waals surface area contributed by atoms with E-state index >= 15 is 0 Å². The molecule has 1 saturated heterocycles. The molecule has 0 spiro atoms. The highest BCUT2D eigenvalue weighted by molar-refractivity contribution is 5.46. The summed E-state index contributed by atoms with van der Waals surface area (Å²) >= 11 is 0. The van der Waals surface area contributed by atoms with E-state index in [-0.39, 0.29) is 0 Å². The Labute approximate surface area is 99.0 Å². The lowest BCUT2D eigenvalue weighted by molar-refractivity contribution is 0.357. The average Bonchev–Trinajstić information content (AvgIpc) is 3.00. The predicted octanol–water partition coefficient (Wildman–Crippen LogP) is 0.622. The van der Waals surface area contributed by atoms with E-state index < -0.39 is 0 Å². The highest BCUT2D eigenvalue weighted by atomic mass is 16.5. The standard InChI is InChI=1S/C11H15N5O/c1-16-7-13-6-9(16)11-14-10(17-15-11)4-8-2-3-12-5-8/h6-8,12H,2-5H2,1H3. The second-order valence-corrected chi connectivity index (χ2v) is 4.46. The van der Waals surface area contributed by atoms with Gasteiger partial charge < -0.3 is 14.4 Å². The van der Waals surface area contributed by atoms with Crippen LogP contribution in [0.25, 0.3) is 11.5 Å². The fourth-order valence-electron chi connectivity index (χ4n) is 2.15. The van der Waals surface area contributed by atoms with E-state index in [1.807, 2.05) is 11.6 Å². The van der Waals surface area contributed by atoms with Crippen molar-refractivity contribution in [2.75, 3.05) is 13.1 Å².